The molecule has 0 aliphatic heterocycles. The van der Waals surface area contributed by atoms with E-state index < -0.39 is 10.7 Å². The lowest BCUT2D eigenvalue weighted by atomic mass is 10.2. The van der Waals surface area contributed by atoms with Crippen LogP contribution in [0.3, 0.4) is 0 Å². The van der Waals surface area contributed by atoms with Gasteiger partial charge in [-0.1, -0.05) is 23.7 Å². The lowest BCUT2D eigenvalue weighted by molar-refractivity contribution is -0.384. The van der Waals surface area contributed by atoms with Crippen LogP contribution in [0.4, 0.5) is 21.5 Å². The van der Waals surface area contributed by atoms with Crippen LogP contribution in [-0.4, -0.2) is 17.4 Å². The first-order chi connectivity index (χ1) is 11.5. The van der Waals surface area contributed by atoms with Gasteiger partial charge < -0.3 is 10.6 Å². The molecule has 0 radical (unpaired) electrons. The van der Waals surface area contributed by atoms with Crippen LogP contribution in [0, 0.1) is 15.9 Å². The number of nitro benzene ring substituents is 1. The van der Waals surface area contributed by atoms with Crippen molar-refractivity contribution in [1.82, 2.24) is 0 Å². The Bertz CT molecular complexity index is 755. The first-order valence-corrected chi connectivity index (χ1v) is 7.57. The lowest BCUT2D eigenvalue weighted by Crippen LogP contribution is -2.14. The highest BCUT2D eigenvalue weighted by Gasteiger charge is 2.12. The number of nitro groups is 1. The average Bonchev–Trinajstić information content (AvgIpc) is 2.54. The summed E-state index contributed by atoms with van der Waals surface area (Å²) in [5, 5.41) is 16.5. The molecule has 0 spiro atoms. The van der Waals surface area contributed by atoms with Crippen LogP contribution in [0.15, 0.2) is 42.5 Å². The molecular formula is C16H15ClFN3O3. The number of nitrogens with one attached hydrogen (secondary N) is 2. The Balaban J connectivity index is 1.80. The van der Waals surface area contributed by atoms with Crippen LogP contribution >= 0.6 is 11.6 Å². The van der Waals surface area contributed by atoms with E-state index in [9.17, 15) is 19.3 Å². The predicted octanol–water partition coefficient (Wildman–Crippen LogP) is 4.22. The molecule has 0 aliphatic rings. The minimum absolute atomic E-state index is 0.0230. The Hall–Kier alpha value is -2.67. The van der Waals surface area contributed by atoms with Crippen molar-refractivity contribution in [3.8, 4) is 0 Å². The highest BCUT2D eigenvalue weighted by Crippen LogP contribution is 2.23. The fourth-order valence-corrected chi connectivity index (χ4v) is 2.22. The maximum Gasteiger partial charge on any atom is 0.292 e. The number of carbonyl (C=O) groups is 1. The molecule has 2 aromatic rings. The Labute approximate surface area is 142 Å². The third kappa shape index (κ3) is 4.92. The molecule has 0 aliphatic carbocycles. The zero-order valence-corrected chi connectivity index (χ0v) is 13.3. The maximum atomic E-state index is 13.6. The van der Waals surface area contributed by atoms with Gasteiger partial charge in [-0.25, -0.2) is 4.39 Å². The SMILES string of the molecule is O=C(CCCNc1ccccc1[N+](=O)[O-])Nc1ccc(Cl)cc1F. The largest absolute Gasteiger partial charge is 0.379 e. The van der Waals surface area contributed by atoms with Gasteiger partial charge in [-0.3, -0.25) is 14.9 Å². The van der Waals surface area contributed by atoms with Crippen LogP contribution in [0.25, 0.3) is 0 Å². The maximum absolute atomic E-state index is 13.6. The highest BCUT2D eigenvalue weighted by atomic mass is 35.5. The summed E-state index contributed by atoms with van der Waals surface area (Å²) >= 11 is 5.64. The van der Waals surface area contributed by atoms with Crippen molar-refractivity contribution in [2.45, 2.75) is 12.8 Å². The summed E-state index contributed by atoms with van der Waals surface area (Å²) < 4.78 is 13.6. The fourth-order valence-electron chi connectivity index (χ4n) is 2.06. The third-order valence-electron chi connectivity index (χ3n) is 3.20. The van der Waals surface area contributed by atoms with Crippen LogP contribution in [-0.2, 0) is 4.79 Å². The van der Waals surface area contributed by atoms with Crippen molar-refractivity contribution in [1.29, 1.82) is 0 Å². The molecule has 1 amide bonds. The molecule has 0 saturated heterocycles. The number of rotatable bonds is 7. The van der Waals surface area contributed by atoms with Crippen molar-refractivity contribution in [3.05, 3.63) is 63.4 Å². The molecular weight excluding hydrogens is 337 g/mol. The van der Waals surface area contributed by atoms with E-state index in [-0.39, 0.29) is 28.7 Å². The minimum Gasteiger partial charge on any atom is -0.379 e. The second kappa shape index (κ2) is 8.26. The van der Waals surface area contributed by atoms with Gasteiger partial charge in [-0.05, 0) is 30.7 Å². The van der Waals surface area contributed by atoms with Crippen LogP contribution < -0.4 is 10.6 Å². The molecule has 8 heteroatoms. The van der Waals surface area contributed by atoms with Gasteiger partial charge in [0.05, 0.1) is 10.6 Å². The number of hydrogen-bond acceptors (Lipinski definition) is 4. The molecule has 0 unspecified atom stereocenters. The van der Waals surface area contributed by atoms with E-state index in [1.807, 2.05) is 0 Å². The lowest BCUT2D eigenvalue weighted by Gasteiger charge is -2.08. The number of nitrogens with zero attached hydrogens (tertiary/aromatic N) is 1. The molecule has 0 bridgehead atoms. The topological polar surface area (TPSA) is 84.3 Å². The summed E-state index contributed by atoms with van der Waals surface area (Å²) in [5.74, 6) is -0.950. The van der Waals surface area contributed by atoms with Crippen molar-refractivity contribution in [3.63, 3.8) is 0 Å². The summed E-state index contributed by atoms with van der Waals surface area (Å²) in [5.41, 5.74) is 0.438. The number of benzene rings is 2. The summed E-state index contributed by atoms with van der Waals surface area (Å²) in [4.78, 5) is 22.2. The number of carbonyl (C=O) groups excluding carboxylic acids is 1. The number of halogens is 2. The summed E-state index contributed by atoms with van der Waals surface area (Å²) in [7, 11) is 0. The van der Waals surface area contributed by atoms with E-state index in [0.717, 1.165) is 6.07 Å². The van der Waals surface area contributed by atoms with Crippen molar-refractivity contribution in [2.75, 3.05) is 17.2 Å². The zero-order valence-electron chi connectivity index (χ0n) is 12.6. The van der Waals surface area contributed by atoms with Crippen LogP contribution in [0.2, 0.25) is 5.02 Å². The summed E-state index contributed by atoms with van der Waals surface area (Å²) in [6, 6.07) is 10.3. The molecule has 126 valence electrons. The Morgan fingerprint density at radius 2 is 1.96 bits per heavy atom. The van der Waals surface area contributed by atoms with Gasteiger partial charge in [0.25, 0.3) is 5.69 Å². The number of anilines is 2. The fraction of sp³-hybridized carbons (Fsp3) is 0.188. The van der Waals surface area contributed by atoms with Gasteiger partial charge in [0.15, 0.2) is 0 Å². The molecule has 0 heterocycles. The number of para-hydroxylation sites is 2. The Morgan fingerprint density at radius 1 is 1.21 bits per heavy atom. The molecule has 6 nitrogen and oxygen atoms in total. The molecule has 2 rings (SSSR count). The molecule has 0 fully saturated rings. The van der Waals surface area contributed by atoms with Crippen LogP contribution in [0.5, 0.6) is 0 Å². The third-order valence-corrected chi connectivity index (χ3v) is 3.44. The smallest absolute Gasteiger partial charge is 0.292 e. The Kier molecular flexibility index (Phi) is 6.08. The monoisotopic (exact) mass is 351 g/mol. The zero-order chi connectivity index (χ0) is 17.5. The van der Waals surface area contributed by atoms with Gasteiger partial charge in [-0.2, -0.15) is 0 Å². The molecule has 0 atom stereocenters. The molecule has 24 heavy (non-hydrogen) atoms. The predicted molar refractivity (Wildman–Crippen MR) is 90.9 cm³/mol. The minimum atomic E-state index is -0.603. The Morgan fingerprint density at radius 3 is 2.67 bits per heavy atom. The summed E-state index contributed by atoms with van der Waals surface area (Å²) in [6.45, 7) is 0.376. The molecule has 2 aromatic carbocycles. The van der Waals surface area contributed by atoms with Gasteiger partial charge in [0.2, 0.25) is 5.91 Å². The standard InChI is InChI=1S/C16H15ClFN3O3/c17-11-7-8-13(12(18)10-11)20-16(22)6-3-9-19-14-4-1-2-5-15(14)21(23)24/h1-2,4-5,7-8,10,19H,3,6,9H2,(H,20,22). The second-order valence-electron chi connectivity index (χ2n) is 4.98. The van der Waals surface area contributed by atoms with E-state index in [1.165, 1.54) is 18.2 Å². The van der Waals surface area contributed by atoms with E-state index in [0.29, 0.717) is 18.7 Å². The first-order valence-electron chi connectivity index (χ1n) is 7.19. The number of amides is 1. The van der Waals surface area contributed by atoms with E-state index in [2.05, 4.69) is 10.6 Å². The normalized spacial score (nSPS) is 10.2. The highest BCUT2D eigenvalue weighted by molar-refractivity contribution is 6.30. The van der Waals surface area contributed by atoms with Crippen molar-refractivity contribution < 1.29 is 14.1 Å². The molecule has 0 saturated carbocycles. The van der Waals surface area contributed by atoms with Gasteiger partial charge in [0.1, 0.15) is 11.5 Å². The van der Waals surface area contributed by atoms with E-state index in [4.69, 9.17) is 11.6 Å². The first kappa shape index (κ1) is 17.7. The van der Waals surface area contributed by atoms with E-state index in [1.54, 1.807) is 18.2 Å². The van der Waals surface area contributed by atoms with Gasteiger partial charge in [-0.15, -0.1) is 0 Å². The van der Waals surface area contributed by atoms with E-state index >= 15 is 0 Å². The molecule has 2 N–H and O–H groups in total. The van der Waals surface area contributed by atoms with Crippen molar-refractivity contribution in [2.24, 2.45) is 0 Å². The second-order valence-corrected chi connectivity index (χ2v) is 5.41. The number of hydrogen-bond donors (Lipinski definition) is 2. The average molecular weight is 352 g/mol. The summed E-state index contributed by atoms with van der Waals surface area (Å²) in [6.07, 6.45) is 0.586. The molecule has 0 aromatic heterocycles. The van der Waals surface area contributed by atoms with Gasteiger partial charge in [0, 0.05) is 24.1 Å². The van der Waals surface area contributed by atoms with Crippen LogP contribution in [0.1, 0.15) is 12.8 Å². The van der Waals surface area contributed by atoms with Crippen molar-refractivity contribution >= 4 is 34.6 Å². The van der Waals surface area contributed by atoms with Gasteiger partial charge >= 0.3 is 0 Å². The quantitative estimate of drug-likeness (QED) is 0.444.